The van der Waals surface area contributed by atoms with E-state index < -0.39 is 0 Å². The second kappa shape index (κ2) is 6.70. The Hall–Kier alpha value is -0.960. The summed E-state index contributed by atoms with van der Waals surface area (Å²) in [4.78, 5) is 13.8. The van der Waals surface area contributed by atoms with Gasteiger partial charge in [-0.3, -0.25) is 4.79 Å². The van der Waals surface area contributed by atoms with E-state index in [0.717, 1.165) is 25.3 Å². The second-order valence-electron chi connectivity index (χ2n) is 4.38. The monoisotopic (exact) mass is 249 g/mol. The Morgan fingerprint density at radius 1 is 1.18 bits per heavy atom. The summed E-state index contributed by atoms with van der Waals surface area (Å²) in [5.74, 6) is 2.00. The number of carbonyl (C=O) groups excluding carboxylic acids is 1. The molecule has 0 atom stereocenters. The standard InChI is InChI=1S/C14H19NOS/c16-14(15-9-4-5-10-15)12-17-11-8-13-6-2-1-3-7-13/h1-3,6-7H,4-5,8-12H2. The molecule has 0 unspecified atom stereocenters. The molecule has 1 saturated heterocycles. The molecule has 0 bridgehead atoms. The first-order valence-electron chi connectivity index (χ1n) is 6.26. The lowest BCUT2D eigenvalue weighted by Gasteiger charge is -2.14. The van der Waals surface area contributed by atoms with Crippen LogP contribution in [0.25, 0.3) is 0 Å². The molecule has 3 heteroatoms. The number of likely N-dealkylation sites (tertiary alicyclic amines) is 1. The minimum absolute atomic E-state index is 0.320. The second-order valence-corrected chi connectivity index (χ2v) is 5.48. The number of hydrogen-bond acceptors (Lipinski definition) is 2. The van der Waals surface area contributed by atoms with Gasteiger partial charge in [0.2, 0.25) is 5.91 Å². The summed E-state index contributed by atoms with van der Waals surface area (Å²) < 4.78 is 0. The highest BCUT2D eigenvalue weighted by atomic mass is 32.2. The number of nitrogens with zero attached hydrogens (tertiary/aromatic N) is 1. The molecule has 2 rings (SSSR count). The number of rotatable bonds is 5. The first-order valence-corrected chi connectivity index (χ1v) is 7.41. The molecule has 0 aliphatic carbocycles. The molecular weight excluding hydrogens is 230 g/mol. The Balaban J connectivity index is 1.61. The highest BCUT2D eigenvalue weighted by Crippen LogP contribution is 2.12. The van der Waals surface area contributed by atoms with Crippen molar-refractivity contribution >= 4 is 17.7 Å². The Kier molecular flexibility index (Phi) is 4.92. The van der Waals surface area contributed by atoms with Gasteiger partial charge in [0.05, 0.1) is 5.75 Å². The van der Waals surface area contributed by atoms with Crippen molar-refractivity contribution in [3.8, 4) is 0 Å². The average Bonchev–Trinajstić information content (AvgIpc) is 2.89. The third-order valence-electron chi connectivity index (χ3n) is 3.06. The summed E-state index contributed by atoms with van der Waals surface area (Å²) in [6.07, 6.45) is 3.42. The number of aryl methyl sites for hydroxylation is 1. The molecule has 1 aliphatic heterocycles. The minimum atomic E-state index is 0.320. The zero-order chi connectivity index (χ0) is 11.9. The van der Waals surface area contributed by atoms with Crippen molar-refractivity contribution in [2.24, 2.45) is 0 Å². The highest BCUT2D eigenvalue weighted by molar-refractivity contribution is 7.99. The summed E-state index contributed by atoms with van der Waals surface area (Å²) in [5, 5.41) is 0. The molecule has 1 aliphatic rings. The van der Waals surface area contributed by atoms with Gasteiger partial charge in [-0.15, -0.1) is 0 Å². The minimum Gasteiger partial charge on any atom is -0.342 e. The number of benzene rings is 1. The molecule has 0 N–H and O–H groups in total. The van der Waals surface area contributed by atoms with Gasteiger partial charge in [-0.2, -0.15) is 11.8 Å². The summed E-state index contributed by atoms with van der Waals surface area (Å²) >= 11 is 1.75. The van der Waals surface area contributed by atoms with E-state index in [1.54, 1.807) is 11.8 Å². The topological polar surface area (TPSA) is 20.3 Å². The fourth-order valence-electron chi connectivity index (χ4n) is 2.05. The number of amides is 1. The molecule has 1 aromatic rings. The zero-order valence-corrected chi connectivity index (χ0v) is 10.9. The van der Waals surface area contributed by atoms with Gasteiger partial charge in [0.1, 0.15) is 0 Å². The molecule has 1 heterocycles. The van der Waals surface area contributed by atoms with Crippen LogP contribution in [-0.4, -0.2) is 35.4 Å². The van der Waals surface area contributed by atoms with Crippen molar-refractivity contribution in [3.05, 3.63) is 35.9 Å². The van der Waals surface area contributed by atoms with Crippen molar-refractivity contribution in [2.45, 2.75) is 19.3 Å². The van der Waals surface area contributed by atoms with Crippen LogP contribution in [0.2, 0.25) is 0 Å². The van der Waals surface area contributed by atoms with Crippen LogP contribution in [-0.2, 0) is 11.2 Å². The predicted octanol–water partition coefficient (Wildman–Crippen LogP) is 2.58. The van der Waals surface area contributed by atoms with Crippen molar-refractivity contribution in [2.75, 3.05) is 24.6 Å². The summed E-state index contributed by atoms with van der Waals surface area (Å²) in [6, 6.07) is 10.4. The largest absolute Gasteiger partial charge is 0.342 e. The molecule has 1 fully saturated rings. The van der Waals surface area contributed by atoms with E-state index in [0.29, 0.717) is 11.7 Å². The molecule has 0 aromatic heterocycles. The van der Waals surface area contributed by atoms with Crippen LogP contribution >= 0.6 is 11.8 Å². The molecule has 0 radical (unpaired) electrons. The van der Waals surface area contributed by atoms with Gasteiger partial charge in [-0.1, -0.05) is 30.3 Å². The molecular formula is C14H19NOS. The van der Waals surface area contributed by atoms with Crippen LogP contribution in [0.1, 0.15) is 18.4 Å². The van der Waals surface area contributed by atoms with E-state index in [-0.39, 0.29) is 0 Å². The first kappa shape index (κ1) is 12.5. The number of thioether (sulfide) groups is 1. The quantitative estimate of drug-likeness (QED) is 0.748. The smallest absolute Gasteiger partial charge is 0.232 e. The fourth-order valence-corrected chi connectivity index (χ4v) is 2.93. The maximum Gasteiger partial charge on any atom is 0.232 e. The maximum absolute atomic E-state index is 11.8. The lowest BCUT2D eigenvalue weighted by Crippen LogP contribution is -2.29. The van der Waals surface area contributed by atoms with E-state index >= 15 is 0 Å². The van der Waals surface area contributed by atoms with Gasteiger partial charge in [0.25, 0.3) is 0 Å². The highest BCUT2D eigenvalue weighted by Gasteiger charge is 2.16. The van der Waals surface area contributed by atoms with Gasteiger partial charge in [0.15, 0.2) is 0 Å². The first-order chi connectivity index (χ1) is 8.36. The van der Waals surface area contributed by atoms with E-state index in [1.165, 1.54) is 18.4 Å². The SMILES string of the molecule is O=C(CSCCc1ccccc1)N1CCCC1. The summed E-state index contributed by atoms with van der Waals surface area (Å²) in [7, 11) is 0. The van der Waals surface area contributed by atoms with Gasteiger partial charge in [-0.05, 0) is 30.6 Å². The summed E-state index contributed by atoms with van der Waals surface area (Å²) in [5.41, 5.74) is 1.36. The normalized spacial score (nSPS) is 15.2. The van der Waals surface area contributed by atoms with Crippen LogP contribution in [0.5, 0.6) is 0 Å². The van der Waals surface area contributed by atoms with Crippen molar-refractivity contribution < 1.29 is 4.79 Å². The zero-order valence-electron chi connectivity index (χ0n) is 10.1. The summed E-state index contributed by atoms with van der Waals surface area (Å²) in [6.45, 7) is 1.94. The molecule has 2 nitrogen and oxygen atoms in total. The molecule has 92 valence electrons. The lowest BCUT2D eigenvalue weighted by molar-refractivity contribution is -0.127. The number of carbonyl (C=O) groups is 1. The Labute approximate surface area is 107 Å². The van der Waals surface area contributed by atoms with E-state index in [4.69, 9.17) is 0 Å². The Morgan fingerprint density at radius 3 is 2.59 bits per heavy atom. The molecule has 17 heavy (non-hydrogen) atoms. The molecule has 0 saturated carbocycles. The molecule has 1 aromatic carbocycles. The third-order valence-corrected chi connectivity index (χ3v) is 4.01. The molecule has 1 amide bonds. The van der Waals surface area contributed by atoms with Crippen molar-refractivity contribution in [1.29, 1.82) is 0 Å². The fraction of sp³-hybridized carbons (Fsp3) is 0.500. The van der Waals surface area contributed by atoms with E-state index in [9.17, 15) is 4.79 Å². The van der Waals surface area contributed by atoms with Gasteiger partial charge in [-0.25, -0.2) is 0 Å². The lowest BCUT2D eigenvalue weighted by atomic mass is 10.2. The van der Waals surface area contributed by atoms with Gasteiger partial charge < -0.3 is 4.90 Å². The average molecular weight is 249 g/mol. The maximum atomic E-state index is 11.8. The predicted molar refractivity (Wildman–Crippen MR) is 73.3 cm³/mol. The van der Waals surface area contributed by atoms with E-state index in [1.807, 2.05) is 11.0 Å². The van der Waals surface area contributed by atoms with Gasteiger partial charge >= 0.3 is 0 Å². The van der Waals surface area contributed by atoms with Gasteiger partial charge in [0, 0.05) is 13.1 Å². The third kappa shape index (κ3) is 4.08. The van der Waals surface area contributed by atoms with Crippen molar-refractivity contribution in [1.82, 2.24) is 4.90 Å². The van der Waals surface area contributed by atoms with Crippen LogP contribution in [0.4, 0.5) is 0 Å². The van der Waals surface area contributed by atoms with Crippen LogP contribution in [0.15, 0.2) is 30.3 Å². The molecule has 0 spiro atoms. The number of hydrogen-bond donors (Lipinski definition) is 0. The van der Waals surface area contributed by atoms with Crippen molar-refractivity contribution in [3.63, 3.8) is 0 Å². The Morgan fingerprint density at radius 2 is 1.88 bits per heavy atom. The van der Waals surface area contributed by atoms with Crippen LogP contribution in [0, 0.1) is 0 Å². The van der Waals surface area contributed by atoms with Crippen LogP contribution in [0.3, 0.4) is 0 Å². The van der Waals surface area contributed by atoms with E-state index in [2.05, 4.69) is 24.3 Å². The van der Waals surface area contributed by atoms with Crippen LogP contribution < -0.4 is 0 Å². The Bertz CT molecular complexity index is 346.